The predicted molar refractivity (Wildman–Crippen MR) is 91.2 cm³/mol. The summed E-state index contributed by atoms with van der Waals surface area (Å²) in [5.74, 6) is 0. The van der Waals surface area contributed by atoms with Crippen LogP contribution in [0.2, 0.25) is 5.02 Å². The third kappa shape index (κ3) is 3.28. The molecule has 2 aromatic rings. The molecular weight excluding hydrogens is 385 g/mol. The highest BCUT2D eigenvalue weighted by molar-refractivity contribution is 14.1. The van der Waals surface area contributed by atoms with E-state index in [1.807, 2.05) is 18.2 Å². The molecule has 1 fully saturated rings. The summed E-state index contributed by atoms with van der Waals surface area (Å²) in [5, 5.41) is 8.87. The minimum atomic E-state index is 0.611. The van der Waals surface area contributed by atoms with Crippen molar-refractivity contribution in [1.82, 2.24) is 9.78 Å². The molecule has 106 valence electrons. The highest BCUT2D eigenvalue weighted by Crippen LogP contribution is 2.29. The summed E-state index contributed by atoms with van der Waals surface area (Å²) in [6, 6.07) is 8.59. The molecule has 0 radical (unpaired) electrons. The van der Waals surface area contributed by atoms with Crippen molar-refractivity contribution in [1.29, 1.82) is 0 Å². The van der Waals surface area contributed by atoms with Gasteiger partial charge in [-0.05, 0) is 59.7 Å². The zero-order valence-electron chi connectivity index (χ0n) is 11.1. The van der Waals surface area contributed by atoms with Crippen molar-refractivity contribution in [3.05, 3.63) is 44.7 Å². The third-order valence-corrected chi connectivity index (χ3v) is 4.88. The Bertz CT molecular complexity index is 591. The molecule has 0 aliphatic heterocycles. The molecule has 1 heterocycles. The van der Waals surface area contributed by atoms with E-state index in [0.29, 0.717) is 6.04 Å². The molecule has 1 N–H and O–H groups in total. The van der Waals surface area contributed by atoms with Gasteiger partial charge < -0.3 is 5.32 Å². The minimum absolute atomic E-state index is 0.611. The van der Waals surface area contributed by atoms with Gasteiger partial charge in [-0.2, -0.15) is 5.10 Å². The number of hydrogen-bond acceptors (Lipinski definition) is 2. The molecule has 3 rings (SSSR count). The molecular formula is C15H17ClIN3. The average molecular weight is 402 g/mol. The number of halogens is 2. The fraction of sp³-hybridized carbons (Fsp3) is 0.400. The normalized spacial score (nSPS) is 15.7. The van der Waals surface area contributed by atoms with E-state index in [0.717, 1.165) is 26.5 Å². The molecule has 0 amide bonds. The van der Waals surface area contributed by atoms with Crippen molar-refractivity contribution in [2.24, 2.45) is 0 Å². The van der Waals surface area contributed by atoms with Crippen LogP contribution >= 0.6 is 34.2 Å². The van der Waals surface area contributed by atoms with Gasteiger partial charge in [0.15, 0.2) is 0 Å². The van der Waals surface area contributed by atoms with Gasteiger partial charge in [0.05, 0.1) is 18.3 Å². The third-order valence-electron chi connectivity index (χ3n) is 3.75. The summed E-state index contributed by atoms with van der Waals surface area (Å²) < 4.78 is 3.27. The molecule has 0 atom stereocenters. The number of benzene rings is 1. The number of rotatable bonds is 4. The molecule has 5 heteroatoms. The number of hydrogen-bond donors (Lipinski definition) is 1. The van der Waals surface area contributed by atoms with E-state index < -0.39 is 0 Å². The summed E-state index contributed by atoms with van der Waals surface area (Å²) in [5.41, 5.74) is 2.19. The lowest BCUT2D eigenvalue weighted by Gasteiger charge is -2.10. The van der Waals surface area contributed by atoms with Crippen molar-refractivity contribution in [3.63, 3.8) is 0 Å². The second-order valence-corrected chi connectivity index (χ2v) is 6.80. The van der Waals surface area contributed by atoms with Crippen LogP contribution in [0, 0.1) is 3.57 Å². The van der Waals surface area contributed by atoms with E-state index >= 15 is 0 Å². The van der Waals surface area contributed by atoms with E-state index in [4.69, 9.17) is 11.6 Å². The zero-order chi connectivity index (χ0) is 13.9. The molecule has 1 aliphatic rings. The Kier molecular flexibility index (Phi) is 4.51. The Morgan fingerprint density at radius 1 is 1.30 bits per heavy atom. The van der Waals surface area contributed by atoms with Crippen LogP contribution in [0.1, 0.15) is 37.4 Å². The van der Waals surface area contributed by atoms with E-state index in [-0.39, 0.29) is 0 Å². The second kappa shape index (κ2) is 6.35. The lowest BCUT2D eigenvalue weighted by molar-refractivity contribution is 0.463. The molecule has 0 saturated heterocycles. The largest absolute Gasteiger partial charge is 0.378 e. The van der Waals surface area contributed by atoms with Crippen LogP contribution < -0.4 is 5.32 Å². The maximum atomic E-state index is 5.96. The van der Waals surface area contributed by atoms with Crippen LogP contribution in [-0.4, -0.2) is 9.78 Å². The summed E-state index contributed by atoms with van der Waals surface area (Å²) in [4.78, 5) is 0. The average Bonchev–Trinajstić information content (AvgIpc) is 3.08. The van der Waals surface area contributed by atoms with Gasteiger partial charge in [0.2, 0.25) is 0 Å². The summed E-state index contributed by atoms with van der Waals surface area (Å²) in [6.07, 6.45) is 7.31. The molecule has 20 heavy (non-hydrogen) atoms. The minimum Gasteiger partial charge on any atom is -0.378 e. The molecule has 0 unspecified atom stereocenters. The molecule has 3 nitrogen and oxygen atoms in total. The summed E-state index contributed by atoms with van der Waals surface area (Å²) >= 11 is 8.25. The molecule has 1 aromatic carbocycles. The summed E-state index contributed by atoms with van der Waals surface area (Å²) in [6.45, 7) is 0.747. The Hall–Kier alpha value is -0.750. The van der Waals surface area contributed by atoms with Crippen molar-refractivity contribution in [2.75, 3.05) is 5.32 Å². The van der Waals surface area contributed by atoms with Gasteiger partial charge in [0.25, 0.3) is 0 Å². The highest BCUT2D eigenvalue weighted by atomic mass is 127. The van der Waals surface area contributed by atoms with Crippen LogP contribution in [-0.2, 0) is 6.54 Å². The first kappa shape index (κ1) is 14.2. The first-order valence-electron chi connectivity index (χ1n) is 6.95. The van der Waals surface area contributed by atoms with E-state index in [9.17, 15) is 0 Å². The van der Waals surface area contributed by atoms with Crippen LogP contribution in [0.15, 0.2) is 30.5 Å². The number of anilines is 1. The topological polar surface area (TPSA) is 29.9 Å². The monoisotopic (exact) mass is 401 g/mol. The van der Waals surface area contributed by atoms with Crippen LogP contribution in [0.5, 0.6) is 0 Å². The molecule has 1 aliphatic carbocycles. The molecule has 1 saturated carbocycles. The zero-order valence-corrected chi connectivity index (χ0v) is 14.1. The van der Waals surface area contributed by atoms with Crippen molar-refractivity contribution < 1.29 is 0 Å². The molecule has 0 spiro atoms. The highest BCUT2D eigenvalue weighted by Gasteiger charge is 2.17. The van der Waals surface area contributed by atoms with Gasteiger partial charge in [-0.15, -0.1) is 0 Å². The Labute approximate surface area is 137 Å². The van der Waals surface area contributed by atoms with Gasteiger partial charge in [-0.25, -0.2) is 0 Å². The quantitative estimate of drug-likeness (QED) is 0.741. The first-order valence-corrected chi connectivity index (χ1v) is 8.41. The fourth-order valence-electron chi connectivity index (χ4n) is 2.66. The lowest BCUT2D eigenvalue weighted by atomic mass is 10.3. The van der Waals surface area contributed by atoms with Gasteiger partial charge in [0.1, 0.15) is 0 Å². The summed E-state index contributed by atoms with van der Waals surface area (Å²) in [7, 11) is 0. The Balaban J connectivity index is 1.63. The number of aromatic nitrogens is 2. The van der Waals surface area contributed by atoms with E-state index in [2.05, 4.69) is 50.0 Å². The number of nitrogens with zero attached hydrogens (tertiary/aromatic N) is 2. The van der Waals surface area contributed by atoms with Crippen molar-refractivity contribution in [2.45, 2.75) is 38.3 Å². The van der Waals surface area contributed by atoms with Crippen LogP contribution in [0.3, 0.4) is 0 Å². The van der Waals surface area contributed by atoms with Crippen LogP contribution in [0.25, 0.3) is 0 Å². The lowest BCUT2D eigenvalue weighted by Crippen LogP contribution is -2.07. The maximum Gasteiger partial charge on any atom is 0.0815 e. The molecule has 1 aromatic heterocycles. The number of nitrogens with one attached hydrogen (secondary N) is 1. The second-order valence-electron chi connectivity index (χ2n) is 5.20. The Morgan fingerprint density at radius 3 is 2.85 bits per heavy atom. The molecule has 0 bridgehead atoms. The van der Waals surface area contributed by atoms with E-state index in [1.54, 1.807) is 0 Å². The Morgan fingerprint density at radius 2 is 2.10 bits per heavy atom. The first-order chi connectivity index (χ1) is 9.72. The van der Waals surface area contributed by atoms with Gasteiger partial charge in [-0.1, -0.05) is 24.4 Å². The van der Waals surface area contributed by atoms with Gasteiger partial charge in [-0.3, -0.25) is 4.68 Å². The van der Waals surface area contributed by atoms with Crippen molar-refractivity contribution >= 4 is 39.9 Å². The van der Waals surface area contributed by atoms with Crippen molar-refractivity contribution in [3.8, 4) is 0 Å². The smallest absolute Gasteiger partial charge is 0.0815 e. The predicted octanol–water partition coefficient (Wildman–Crippen LogP) is 4.87. The van der Waals surface area contributed by atoms with Gasteiger partial charge in [0, 0.05) is 20.5 Å². The van der Waals surface area contributed by atoms with E-state index in [1.165, 1.54) is 25.7 Å². The standard InChI is InChI=1S/C15H17ClIN3/c16-11-5-6-15(14(17)9-11)18-10-12-7-8-20(19-12)13-3-1-2-4-13/h5-9,13,18H,1-4,10H2. The van der Waals surface area contributed by atoms with Gasteiger partial charge >= 0.3 is 0 Å². The fourth-order valence-corrected chi connectivity index (χ4v) is 3.72. The maximum absolute atomic E-state index is 5.96. The van der Waals surface area contributed by atoms with Crippen LogP contribution in [0.4, 0.5) is 5.69 Å². The SMILES string of the molecule is Clc1ccc(NCc2ccn(C3CCCC3)n2)c(I)c1.